The molecule has 1 N–H and O–H groups in total. The summed E-state index contributed by atoms with van der Waals surface area (Å²) in [7, 11) is 1.63. The van der Waals surface area contributed by atoms with Gasteiger partial charge in [0.25, 0.3) is 0 Å². The zero-order chi connectivity index (χ0) is 30.1. The van der Waals surface area contributed by atoms with Crippen LogP contribution in [-0.4, -0.2) is 60.3 Å². The summed E-state index contributed by atoms with van der Waals surface area (Å²) in [5.41, 5.74) is 2.39. The summed E-state index contributed by atoms with van der Waals surface area (Å²) in [6.45, 7) is 3.19. The van der Waals surface area contributed by atoms with Gasteiger partial charge < -0.3 is 14.8 Å². The lowest BCUT2D eigenvalue weighted by molar-refractivity contribution is 0.0758. The molecule has 2 aliphatic carbocycles. The molecule has 0 amide bonds. The Kier molecular flexibility index (Phi) is 8.25. The van der Waals surface area contributed by atoms with Gasteiger partial charge in [-0.2, -0.15) is 0 Å². The van der Waals surface area contributed by atoms with E-state index in [2.05, 4.69) is 21.3 Å². The Balaban J connectivity index is 1.29. The third-order valence-electron chi connectivity index (χ3n) is 10.5. The maximum absolute atomic E-state index is 14.8. The highest BCUT2D eigenvalue weighted by molar-refractivity contribution is 6.33. The number of fused-ring (bicyclic) bond motifs is 1. The van der Waals surface area contributed by atoms with Crippen LogP contribution in [0.4, 0.5) is 0 Å². The predicted molar refractivity (Wildman–Crippen MR) is 170 cm³/mol. The van der Waals surface area contributed by atoms with Crippen LogP contribution in [0.15, 0.2) is 60.9 Å². The summed E-state index contributed by atoms with van der Waals surface area (Å²) < 4.78 is 12.1. The Bertz CT molecular complexity index is 1510. The van der Waals surface area contributed by atoms with Crippen LogP contribution >= 0.6 is 0 Å². The highest BCUT2D eigenvalue weighted by Crippen LogP contribution is 2.46. The topological polar surface area (TPSA) is 80.8 Å². The van der Waals surface area contributed by atoms with Gasteiger partial charge in [0.2, 0.25) is 0 Å². The number of methoxy groups -OCH3 is 1. The van der Waals surface area contributed by atoms with Crippen molar-refractivity contribution in [1.82, 2.24) is 15.2 Å². The number of piperidine rings is 2. The zero-order valence-electron chi connectivity index (χ0n) is 25.7. The molecule has 2 atom stereocenters. The average molecular weight is 594 g/mol. The van der Waals surface area contributed by atoms with Crippen molar-refractivity contribution in [2.24, 2.45) is 0 Å². The largest absolute Gasteiger partial charge is 0.493 e. The fraction of sp³-hybridized carbons (Fsp3) is 0.486. The van der Waals surface area contributed by atoms with Gasteiger partial charge in [0, 0.05) is 35.6 Å². The second kappa shape index (κ2) is 12.4. The molecule has 3 heterocycles. The van der Waals surface area contributed by atoms with Crippen molar-refractivity contribution in [3.8, 4) is 11.5 Å². The van der Waals surface area contributed by atoms with Crippen LogP contribution < -0.4 is 14.8 Å². The number of Topliss-reactive ketones (excluding diaryl/α,β-unsaturated/α-hetero) is 2. The molecule has 3 fully saturated rings. The fourth-order valence-electron chi connectivity index (χ4n) is 8.16. The van der Waals surface area contributed by atoms with Crippen LogP contribution in [0.25, 0.3) is 0 Å². The molecule has 2 saturated heterocycles. The molecule has 2 aliphatic heterocycles. The number of nitrogens with zero attached hydrogens (tertiary/aromatic N) is 2. The summed E-state index contributed by atoms with van der Waals surface area (Å²) in [5, 5.41) is 3.50. The number of pyridine rings is 1. The Morgan fingerprint density at radius 3 is 2.36 bits per heavy atom. The molecule has 0 bridgehead atoms. The van der Waals surface area contributed by atoms with E-state index in [1.54, 1.807) is 19.5 Å². The van der Waals surface area contributed by atoms with Crippen LogP contribution in [0.3, 0.4) is 0 Å². The molecule has 1 saturated carbocycles. The number of carbonyl (C=O) groups excluding carboxylic acids is 2. The first kappa shape index (κ1) is 29.2. The molecule has 44 heavy (non-hydrogen) atoms. The summed E-state index contributed by atoms with van der Waals surface area (Å²) >= 11 is 0. The van der Waals surface area contributed by atoms with Crippen molar-refractivity contribution < 1.29 is 19.1 Å². The lowest BCUT2D eigenvalue weighted by Gasteiger charge is -2.43. The van der Waals surface area contributed by atoms with Crippen molar-refractivity contribution in [1.29, 1.82) is 0 Å². The summed E-state index contributed by atoms with van der Waals surface area (Å²) in [5.74, 6) is 0.949. The zero-order valence-corrected chi connectivity index (χ0v) is 25.7. The second-order valence-electron chi connectivity index (χ2n) is 13.0. The minimum Gasteiger partial charge on any atom is -0.493 e. The number of rotatable bonds is 8. The van der Waals surface area contributed by atoms with Crippen LogP contribution in [0.1, 0.15) is 101 Å². The Labute approximate surface area is 260 Å². The highest BCUT2D eigenvalue weighted by atomic mass is 16.5. The quantitative estimate of drug-likeness (QED) is 0.309. The molecule has 230 valence electrons. The number of benzene rings is 2. The number of likely N-dealkylation sites (tertiary alicyclic amines) is 1. The third-order valence-corrected chi connectivity index (χ3v) is 10.5. The van der Waals surface area contributed by atoms with Gasteiger partial charge in [-0.1, -0.05) is 24.6 Å². The van der Waals surface area contributed by atoms with E-state index in [1.165, 1.54) is 12.8 Å². The van der Waals surface area contributed by atoms with Crippen molar-refractivity contribution in [2.75, 3.05) is 26.7 Å². The first-order valence-corrected chi connectivity index (χ1v) is 16.5. The van der Waals surface area contributed by atoms with Crippen LogP contribution in [-0.2, 0) is 11.8 Å². The normalized spacial score (nSPS) is 24.9. The molecule has 7 heteroatoms. The van der Waals surface area contributed by atoms with E-state index in [-0.39, 0.29) is 30.1 Å². The first-order chi connectivity index (χ1) is 21.6. The minimum atomic E-state index is -1.39. The maximum Gasteiger partial charge on any atom is 0.182 e. The van der Waals surface area contributed by atoms with Crippen LogP contribution in [0.5, 0.6) is 11.5 Å². The standard InChI is InChI=1S/C37H43N3O4/c1-43-33-12-10-27(23-34(33)44-29-6-2-3-7-29)37(24-25-13-17-38-18-14-25)35(41)30-11-9-26(22-31(30)36(37)42)32-8-4-5-21-40(32)28-15-19-39-20-16-28/h9-14,17-18,22-23,28-29,32,39H,2-8,15-16,19-21,24H2,1H3. The number of nitrogens with one attached hydrogen (secondary N) is 1. The van der Waals surface area contributed by atoms with Gasteiger partial charge in [0.15, 0.2) is 23.1 Å². The van der Waals surface area contributed by atoms with E-state index in [4.69, 9.17) is 9.47 Å². The van der Waals surface area contributed by atoms with Gasteiger partial charge >= 0.3 is 0 Å². The van der Waals surface area contributed by atoms with Crippen molar-refractivity contribution in [2.45, 2.75) is 87.8 Å². The monoisotopic (exact) mass is 593 g/mol. The Hall–Kier alpha value is -3.55. The molecular weight excluding hydrogens is 550 g/mol. The van der Waals surface area contributed by atoms with E-state index in [9.17, 15) is 9.59 Å². The predicted octanol–water partition coefficient (Wildman–Crippen LogP) is 6.25. The Morgan fingerprint density at radius 1 is 0.841 bits per heavy atom. The van der Waals surface area contributed by atoms with Gasteiger partial charge in [0.05, 0.1) is 13.2 Å². The number of aromatic nitrogens is 1. The summed E-state index contributed by atoms with van der Waals surface area (Å²) in [4.78, 5) is 36.3. The lowest BCUT2D eigenvalue weighted by Crippen LogP contribution is -2.46. The van der Waals surface area contributed by atoms with Crippen molar-refractivity contribution in [3.63, 3.8) is 0 Å². The molecule has 1 aromatic heterocycles. The van der Waals surface area contributed by atoms with E-state index in [1.807, 2.05) is 42.5 Å². The highest BCUT2D eigenvalue weighted by Gasteiger charge is 2.54. The molecule has 7 nitrogen and oxygen atoms in total. The van der Waals surface area contributed by atoms with Gasteiger partial charge in [-0.05, 0) is 124 Å². The minimum absolute atomic E-state index is 0.114. The van der Waals surface area contributed by atoms with E-state index in [0.717, 1.165) is 75.7 Å². The molecule has 4 aliphatic rings. The molecule has 0 spiro atoms. The van der Waals surface area contributed by atoms with E-state index < -0.39 is 5.41 Å². The SMILES string of the molecule is COc1ccc(C2(Cc3ccncc3)C(=O)c3ccc(C4CCCCN4C4CCNCC4)cc3C2=O)cc1OC1CCCC1. The molecule has 7 rings (SSSR count). The number of ketones is 2. The van der Waals surface area contributed by atoms with Crippen molar-refractivity contribution >= 4 is 11.6 Å². The fourth-order valence-corrected chi connectivity index (χ4v) is 8.16. The molecular formula is C37H43N3O4. The van der Waals surface area contributed by atoms with E-state index >= 15 is 0 Å². The third kappa shape index (κ3) is 5.24. The molecule has 0 radical (unpaired) electrons. The van der Waals surface area contributed by atoms with E-state index in [0.29, 0.717) is 34.2 Å². The second-order valence-corrected chi connectivity index (χ2v) is 13.0. The Morgan fingerprint density at radius 2 is 1.59 bits per heavy atom. The number of carbonyl (C=O) groups is 2. The van der Waals surface area contributed by atoms with Gasteiger partial charge in [-0.25, -0.2) is 0 Å². The molecule has 2 aromatic carbocycles. The van der Waals surface area contributed by atoms with Gasteiger partial charge in [-0.15, -0.1) is 0 Å². The lowest BCUT2D eigenvalue weighted by atomic mass is 9.71. The van der Waals surface area contributed by atoms with Crippen molar-refractivity contribution in [3.05, 3.63) is 88.7 Å². The van der Waals surface area contributed by atoms with Gasteiger partial charge in [0.1, 0.15) is 5.41 Å². The maximum atomic E-state index is 14.8. The number of hydrogen-bond acceptors (Lipinski definition) is 7. The molecule has 2 unspecified atom stereocenters. The number of ether oxygens (including phenoxy) is 2. The first-order valence-electron chi connectivity index (χ1n) is 16.5. The van der Waals surface area contributed by atoms with Crippen LogP contribution in [0.2, 0.25) is 0 Å². The van der Waals surface area contributed by atoms with Crippen LogP contribution in [0, 0.1) is 0 Å². The number of hydrogen-bond donors (Lipinski definition) is 1. The smallest absolute Gasteiger partial charge is 0.182 e. The molecule has 3 aromatic rings. The average Bonchev–Trinajstić information content (AvgIpc) is 3.67. The summed E-state index contributed by atoms with van der Waals surface area (Å²) in [6, 6.07) is 16.3. The van der Waals surface area contributed by atoms with Gasteiger partial charge in [-0.3, -0.25) is 19.5 Å². The summed E-state index contributed by atoms with van der Waals surface area (Å²) in [6.07, 6.45) is 13.9.